The molecule has 12 rings (SSSR count). The summed E-state index contributed by atoms with van der Waals surface area (Å²) < 4.78 is 2.60. The molecule has 0 aliphatic rings. The lowest BCUT2D eigenvalue weighted by Crippen LogP contribution is -2.10. The molecule has 62 heavy (non-hydrogen) atoms. The van der Waals surface area contributed by atoms with E-state index in [-0.39, 0.29) is 0 Å². The molecule has 0 N–H and O–H groups in total. The molecule has 1 heterocycles. The molecule has 0 saturated heterocycles. The number of benzene rings is 11. The molecule has 0 spiro atoms. The number of anilines is 3. The van der Waals surface area contributed by atoms with Crippen molar-refractivity contribution < 1.29 is 0 Å². The first kappa shape index (κ1) is 36.1. The topological polar surface area (TPSA) is 3.24 Å². The van der Waals surface area contributed by atoms with E-state index in [4.69, 9.17) is 0 Å². The van der Waals surface area contributed by atoms with E-state index in [0.29, 0.717) is 0 Å². The average Bonchev–Trinajstić information content (AvgIpc) is 3.75. The van der Waals surface area contributed by atoms with Crippen LogP contribution in [0.1, 0.15) is 0 Å². The van der Waals surface area contributed by atoms with Crippen LogP contribution in [0.3, 0.4) is 0 Å². The van der Waals surface area contributed by atoms with Gasteiger partial charge in [0.2, 0.25) is 0 Å². The third-order valence-electron chi connectivity index (χ3n) is 12.5. The van der Waals surface area contributed by atoms with Crippen molar-refractivity contribution in [3.05, 3.63) is 237 Å². The second-order valence-corrected chi connectivity index (χ2v) is 17.1. The maximum atomic E-state index is 2.46. The molecule has 0 amide bonds. The minimum atomic E-state index is 1.10. The summed E-state index contributed by atoms with van der Waals surface area (Å²) in [7, 11) is 0. The van der Waals surface area contributed by atoms with Gasteiger partial charge in [0.15, 0.2) is 0 Å². The van der Waals surface area contributed by atoms with E-state index in [2.05, 4.69) is 241 Å². The fourth-order valence-corrected chi connectivity index (χ4v) is 10.7. The van der Waals surface area contributed by atoms with Crippen LogP contribution in [0.15, 0.2) is 237 Å². The van der Waals surface area contributed by atoms with E-state index in [9.17, 15) is 0 Å². The van der Waals surface area contributed by atoms with E-state index in [1.807, 2.05) is 11.3 Å². The summed E-state index contributed by atoms with van der Waals surface area (Å²) in [4.78, 5) is 2.46. The van der Waals surface area contributed by atoms with Gasteiger partial charge in [0.1, 0.15) is 0 Å². The minimum Gasteiger partial charge on any atom is -0.310 e. The summed E-state index contributed by atoms with van der Waals surface area (Å²) in [6.45, 7) is 0. The van der Waals surface area contributed by atoms with Crippen LogP contribution in [-0.4, -0.2) is 0 Å². The quantitative estimate of drug-likeness (QED) is 0.145. The average molecular weight is 806 g/mol. The first-order chi connectivity index (χ1) is 30.7. The third-order valence-corrected chi connectivity index (χ3v) is 13.7. The van der Waals surface area contributed by atoms with Gasteiger partial charge in [0.05, 0.1) is 5.69 Å². The Hall–Kier alpha value is -7.78. The Morgan fingerprint density at radius 3 is 1.60 bits per heavy atom. The predicted molar refractivity (Wildman–Crippen MR) is 268 cm³/mol. The number of thiophene rings is 1. The van der Waals surface area contributed by atoms with Crippen LogP contribution < -0.4 is 4.90 Å². The zero-order valence-corrected chi connectivity index (χ0v) is 34.7. The van der Waals surface area contributed by atoms with E-state index < -0.39 is 0 Å². The molecule has 0 aliphatic carbocycles. The molecular weight excluding hydrogens is 767 g/mol. The van der Waals surface area contributed by atoms with Crippen LogP contribution in [-0.2, 0) is 0 Å². The smallest absolute Gasteiger partial charge is 0.0554 e. The number of nitrogens with zero attached hydrogens (tertiary/aromatic N) is 1. The first-order valence-electron chi connectivity index (χ1n) is 21.2. The number of hydrogen-bond donors (Lipinski definition) is 0. The lowest BCUT2D eigenvalue weighted by molar-refractivity contribution is 1.30. The van der Waals surface area contributed by atoms with Crippen molar-refractivity contribution in [2.45, 2.75) is 0 Å². The lowest BCUT2D eigenvalue weighted by atomic mass is 9.92. The molecule has 0 radical (unpaired) electrons. The van der Waals surface area contributed by atoms with Crippen molar-refractivity contribution in [2.75, 3.05) is 4.90 Å². The Labute approximate surface area is 365 Å². The molecule has 0 fully saturated rings. The number of fused-ring (bicyclic) bond motifs is 8. The summed E-state index contributed by atoms with van der Waals surface area (Å²) in [5.41, 5.74) is 13.0. The highest BCUT2D eigenvalue weighted by molar-refractivity contribution is 7.26. The standard InChI is InChI=1S/C60H39NS/c1-3-14-42(15-4-1)50-37-35-48(39-56(50)43-16-5-2-6-17-43)61(57-24-13-25-58-59(57)54-36-32-44-18-7-10-21-51(44)60(54)62-58)47-33-30-41(31-34-47)40-26-28-45(29-27-40)55-38-46-19-8-9-20-49(46)52-22-11-12-23-53(52)55/h1-39H. The predicted octanol–water partition coefficient (Wildman–Crippen LogP) is 17.7. The van der Waals surface area contributed by atoms with Gasteiger partial charge in [0, 0.05) is 31.5 Å². The molecular formula is C60H39NS. The fourth-order valence-electron chi connectivity index (χ4n) is 9.48. The van der Waals surface area contributed by atoms with Gasteiger partial charge in [-0.1, -0.05) is 194 Å². The first-order valence-corrected chi connectivity index (χ1v) is 22.1. The van der Waals surface area contributed by atoms with Crippen molar-refractivity contribution in [2.24, 2.45) is 0 Å². The lowest BCUT2D eigenvalue weighted by Gasteiger charge is -2.28. The fraction of sp³-hybridized carbons (Fsp3) is 0. The SMILES string of the molecule is c1ccc(-c2ccc(N(c3ccc(-c4ccc(-c5cc6ccccc6c6ccccc56)cc4)cc3)c3cccc4sc5c6ccccc6ccc5c34)cc2-c2ccccc2)cc1. The Morgan fingerprint density at radius 1 is 0.290 bits per heavy atom. The zero-order chi connectivity index (χ0) is 41.0. The van der Waals surface area contributed by atoms with Crippen LogP contribution in [0.25, 0.3) is 97.0 Å². The molecule has 0 unspecified atom stereocenters. The second-order valence-electron chi connectivity index (χ2n) is 16.0. The molecule has 1 nitrogen and oxygen atoms in total. The van der Waals surface area contributed by atoms with Crippen molar-refractivity contribution in [3.8, 4) is 44.5 Å². The molecule has 12 aromatic rings. The highest BCUT2D eigenvalue weighted by Crippen LogP contribution is 2.48. The highest BCUT2D eigenvalue weighted by Gasteiger charge is 2.21. The van der Waals surface area contributed by atoms with Crippen molar-refractivity contribution >= 4 is 80.9 Å². The summed E-state index contributed by atoms with van der Waals surface area (Å²) in [6.07, 6.45) is 0. The number of rotatable bonds is 7. The van der Waals surface area contributed by atoms with E-state index in [1.165, 1.54) is 97.0 Å². The molecule has 0 bridgehead atoms. The molecule has 1 aromatic heterocycles. The highest BCUT2D eigenvalue weighted by atomic mass is 32.1. The second kappa shape index (κ2) is 15.0. The normalized spacial score (nSPS) is 11.5. The summed E-state index contributed by atoms with van der Waals surface area (Å²) in [5, 5.41) is 10.2. The van der Waals surface area contributed by atoms with Gasteiger partial charge in [-0.15, -0.1) is 11.3 Å². The van der Waals surface area contributed by atoms with Gasteiger partial charge in [-0.3, -0.25) is 0 Å². The van der Waals surface area contributed by atoms with Crippen LogP contribution in [0.2, 0.25) is 0 Å². The molecule has 11 aromatic carbocycles. The maximum Gasteiger partial charge on any atom is 0.0554 e. The van der Waals surface area contributed by atoms with Gasteiger partial charge in [-0.2, -0.15) is 0 Å². The van der Waals surface area contributed by atoms with Gasteiger partial charge < -0.3 is 4.90 Å². The Balaban J connectivity index is 1.00. The van der Waals surface area contributed by atoms with Crippen LogP contribution >= 0.6 is 11.3 Å². The summed E-state index contributed by atoms with van der Waals surface area (Å²) in [5.74, 6) is 0. The monoisotopic (exact) mass is 805 g/mol. The van der Waals surface area contributed by atoms with Gasteiger partial charge in [-0.05, 0) is 119 Å². The Kier molecular flexibility index (Phi) is 8.76. The van der Waals surface area contributed by atoms with Crippen molar-refractivity contribution in [1.82, 2.24) is 0 Å². The summed E-state index contributed by atoms with van der Waals surface area (Å²) >= 11 is 1.89. The van der Waals surface area contributed by atoms with E-state index >= 15 is 0 Å². The maximum absolute atomic E-state index is 2.46. The van der Waals surface area contributed by atoms with E-state index in [0.717, 1.165) is 17.1 Å². The zero-order valence-electron chi connectivity index (χ0n) is 33.9. The van der Waals surface area contributed by atoms with Crippen molar-refractivity contribution in [1.29, 1.82) is 0 Å². The van der Waals surface area contributed by atoms with Gasteiger partial charge >= 0.3 is 0 Å². The molecule has 0 aliphatic heterocycles. The third kappa shape index (κ3) is 6.15. The van der Waals surface area contributed by atoms with Crippen LogP contribution in [0.4, 0.5) is 17.1 Å². The molecule has 0 saturated carbocycles. The van der Waals surface area contributed by atoms with Gasteiger partial charge in [0.25, 0.3) is 0 Å². The molecule has 290 valence electrons. The van der Waals surface area contributed by atoms with E-state index in [1.54, 1.807) is 0 Å². The largest absolute Gasteiger partial charge is 0.310 e. The van der Waals surface area contributed by atoms with Crippen molar-refractivity contribution in [3.63, 3.8) is 0 Å². The minimum absolute atomic E-state index is 1.10. The Bertz CT molecular complexity index is 3610. The Morgan fingerprint density at radius 2 is 0.855 bits per heavy atom. The number of hydrogen-bond acceptors (Lipinski definition) is 2. The van der Waals surface area contributed by atoms with Crippen LogP contribution in [0, 0.1) is 0 Å². The van der Waals surface area contributed by atoms with Crippen LogP contribution in [0.5, 0.6) is 0 Å². The summed E-state index contributed by atoms with van der Waals surface area (Å²) in [6, 6.07) is 86.6. The van der Waals surface area contributed by atoms with Gasteiger partial charge in [-0.25, -0.2) is 0 Å². The molecule has 2 heteroatoms. The molecule has 0 atom stereocenters.